The molecule has 1 aliphatic carbocycles. The first-order valence-electron chi connectivity index (χ1n) is 7.79. The quantitative estimate of drug-likeness (QED) is 0.684. The average Bonchev–Trinajstić information content (AvgIpc) is 3.21. The monoisotopic (exact) mass is 313 g/mol. The zero-order valence-electron chi connectivity index (χ0n) is 13.2. The SMILES string of the molecule is CCCNCc1cc(S(=O)(=O)NCC(C)C2CC2)cn1C. The molecule has 21 heavy (non-hydrogen) atoms. The topological polar surface area (TPSA) is 63.1 Å². The van der Waals surface area contributed by atoms with Gasteiger partial charge < -0.3 is 9.88 Å². The molecule has 1 fully saturated rings. The van der Waals surface area contributed by atoms with Gasteiger partial charge in [-0.2, -0.15) is 0 Å². The van der Waals surface area contributed by atoms with E-state index in [1.807, 2.05) is 11.6 Å². The number of sulfonamides is 1. The maximum atomic E-state index is 12.3. The molecule has 1 heterocycles. The highest BCUT2D eigenvalue weighted by molar-refractivity contribution is 7.89. The molecule has 0 aliphatic heterocycles. The van der Waals surface area contributed by atoms with Crippen molar-refractivity contribution in [2.24, 2.45) is 18.9 Å². The van der Waals surface area contributed by atoms with Crippen molar-refractivity contribution in [2.45, 2.75) is 44.6 Å². The van der Waals surface area contributed by atoms with E-state index in [0.29, 0.717) is 29.8 Å². The van der Waals surface area contributed by atoms with Crippen LogP contribution in [-0.2, 0) is 23.6 Å². The summed E-state index contributed by atoms with van der Waals surface area (Å²) in [4.78, 5) is 0.362. The lowest BCUT2D eigenvalue weighted by molar-refractivity contribution is 0.492. The van der Waals surface area contributed by atoms with Crippen LogP contribution in [0.3, 0.4) is 0 Å². The minimum Gasteiger partial charge on any atom is -0.352 e. The Hall–Kier alpha value is -0.850. The second kappa shape index (κ2) is 6.94. The van der Waals surface area contributed by atoms with Crippen molar-refractivity contribution >= 4 is 10.0 Å². The van der Waals surface area contributed by atoms with Crippen molar-refractivity contribution in [1.82, 2.24) is 14.6 Å². The van der Waals surface area contributed by atoms with Gasteiger partial charge in [0.2, 0.25) is 10.0 Å². The van der Waals surface area contributed by atoms with E-state index in [2.05, 4.69) is 23.9 Å². The van der Waals surface area contributed by atoms with Crippen molar-refractivity contribution < 1.29 is 8.42 Å². The molecule has 1 aromatic rings. The number of hydrogen-bond acceptors (Lipinski definition) is 3. The molecule has 0 saturated heterocycles. The maximum Gasteiger partial charge on any atom is 0.242 e. The minimum absolute atomic E-state index is 0.362. The standard InChI is InChI=1S/C15H27N3O2S/c1-4-7-16-10-14-8-15(11-18(14)3)21(19,20)17-9-12(2)13-5-6-13/h8,11-13,16-17H,4-7,9-10H2,1-3H3. The maximum absolute atomic E-state index is 12.3. The second-order valence-corrected chi connectivity index (χ2v) is 7.89. The third-order valence-corrected chi connectivity index (χ3v) is 5.54. The molecular weight excluding hydrogens is 286 g/mol. The van der Waals surface area contributed by atoms with Crippen molar-refractivity contribution in [3.8, 4) is 0 Å². The lowest BCUT2D eigenvalue weighted by Gasteiger charge is -2.10. The summed E-state index contributed by atoms with van der Waals surface area (Å²) < 4.78 is 29.3. The summed E-state index contributed by atoms with van der Waals surface area (Å²) in [6.07, 6.45) is 5.23. The van der Waals surface area contributed by atoms with E-state index in [-0.39, 0.29) is 0 Å². The first-order valence-corrected chi connectivity index (χ1v) is 9.28. The van der Waals surface area contributed by atoms with Crippen LogP contribution < -0.4 is 10.0 Å². The Morgan fingerprint density at radius 3 is 2.76 bits per heavy atom. The molecule has 1 saturated carbocycles. The minimum atomic E-state index is -3.39. The number of rotatable bonds is 9. The third kappa shape index (κ3) is 4.56. The fourth-order valence-corrected chi connectivity index (χ4v) is 3.69. The molecule has 1 aromatic heterocycles. The Labute approximate surface area is 128 Å². The molecule has 1 aliphatic rings. The molecule has 2 rings (SSSR count). The van der Waals surface area contributed by atoms with Crippen LogP contribution >= 0.6 is 0 Å². The van der Waals surface area contributed by atoms with Crippen LogP contribution in [0.1, 0.15) is 38.8 Å². The molecule has 0 amide bonds. The van der Waals surface area contributed by atoms with Crippen molar-refractivity contribution in [1.29, 1.82) is 0 Å². The van der Waals surface area contributed by atoms with Crippen LogP contribution in [0.2, 0.25) is 0 Å². The van der Waals surface area contributed by atoms with Gasteiger partial charge in [-0.1, -0.05) is 13.8 Å². The van der Waals surface area contributed by atoms with Gasteiger partial charge in [0.25, 0.3) is 0 Å². The molecule has 0 bridgehead atoms. The van der Waals surface area contributed by atoms with Gasteiger partial charge in [-0.3, -0.25) is 0 Å². The van der Waals surface area contributed by atoms with E-state index >= 15 is 0 Å². The van der Waals surface area contributed by atoms with Gasteiger partial charge >= 0.3 is 0 Å². The molecule has 5 nitrogen and oxygen atoms in total. The van der Waals surface area contributed by atoms with Crippen molar-refractivity contribution in [3.05, 3.63) is 18.0 Å². The predicted molar refractivity (Wildman–Crippen MR) is 84.5 cm³/mol. The summed E-state index contributed by atoms with van der Waals surface area (Å²) in [6, 6.07) is 1.76. The Morgan fingerprint density at radius 1 is 1.43 bits per heavy atom. The van der Waals surface area contributed by atoms with Crippen LogP contribution in [0.5, 0.6) is 0 Å². The Morgan fingerprint density at radius 2 is 2.14 bits per heavy atom. The smallest absolute Gasteiger partial charge is 0.242 e. The largest absolute Gasteiger partial charge is 0.352 e. The van der Waals surface area contributed by atoms with E-state index in [1.54, 1.807) is 12.3 Å². The highest BCUT2D eigenvalue weighted by Crippen LogP contribution is 2.36. The van der Waals surface area contributed by atoms with Crippen LogP contribution in [-0.4, -0.2) is 26.1 Å². The summed E-state index contributed by atoms with van der Waals surface area (Å²) in [5, 5.41) is 3.29. The Balaban J connectivity index is 1.96. The molecule has 2 N–H and O–H groups in total. The number of aryl methyl sites for hydroxylation is 1. The molecular formula is C15H27N3O2S. The van der Waals surface area contributed by atoms with Crippen LogP contribution in [0, 0.1) is 11.8 Å². The summed E-state index contributed by atoms with van der Waals surface area (Å²) in [5.74, 6) is 1.13. The zero-order valence-corrected chi connectivity index (χ0v) is 14.0. The fourth-order valence-electron chi connectivity index (χ4n) is 2.45. The van der Waals surface area contributed by atoms with Crippen LogP contribution in [0.15, 0.2) is 17.2 Å². The first kappa shape index (κ1) is 16.5. The molecule has 0 spiro atoms. The van der Waals surface area contributed by atoms with E-state index in [4.69, 9.17) is 0 Å². The van der Waals surface area contributed by atoms with Gasteiger partial charge in [0.15, 0.2) is 0 Å². The molecule has 0 aromatic carbocycles. The highest BCUT2D eigenvalue weighted by Gasteiger charge is 2.29. The van der Waals surface area contributed by atoms with Crippen molar-refractivity contribution in [3.63, 3.8) is 0 Å². The molecule has 1 atom stereocenters. The lowest BCUT2D eigenvalue weighted by atomic mass is 10.1. The number of nitrogens with zero attached hydrogens (tertiary/aromatic N) is 1. The molecule has 1 unspecified atom stereocenters. The van der Waals surface area contributed by atoms with Crippen LogP contribution in [0.4, 0.5) is 0 Å². The average molecular weight is 313 g/mol. The van der Waals surface area contributed by atoms with Gasteiger partial charge in [-0.15, -0.1) is 0 Å². The third-order valence-electron chi connectivity index (χ3n) is 4.15. The van der Waals surface area contributed by atoms with Crippen molar-refractivity contribution in [2.75, 3.05) is 13.1 Å². The lowest BCUT2D eigenvalue weighted by Crippen LogP contribution is -2.28. The zero-order chi connectivity index (χ0) is 15.5. The summed E-state index contributed by atoms with van der Waals surface area (Å²) in [5.41, 5.74) is 0.985. The van der Waals surface area contributed by atoms with E-state index in [9.17, 15) is 8.42 Å². The van der Waals surface area contributed by atoms with E-state index < -0.39 is 10.0 Å². The van der Waals surface area contributed by atoms with E-state index in [0.717, 1.165) is 18.7 Å². The van der Waals surface area contributed by atoms with Gasteiger partial charge in [0.05, 0.1) is 4.90 Å². The van der Waals surface area contributed by atoms with Gasteiger partial charge in [0.1, 0.15) is 0 Å². The number of hydrogen-bond donors (Lipinski definition) is 2. The summed E-state index contributed by atoms with van der Waals surface area (Å²) in [7, 11) is -1.51. The summed E-state index contributed by atoms with van der Waals surface area (Å²) in [6.45, 7) is 6.39. The van der Waals surface area contributed by atoms with Crippen LogP contribution in [0.25, 0.3) is 0 Å². The molecule has 6 heteroatoms. The number of nitrogens with one attached hydrogen (secondary N) is 2. The molecule has 0 radical (unpaired) electrons. The fraction of sp³-hybridized carbons (Fsp3) is 0.733. The first-order chi connectivity index (χ1) is 9.94. The molecule has 120 valence electrons. The predicted octanol–water partition coefficient (Wildman–Crippen LogP) is 1.85. The van der Waals surface area contributed by atoms with Gasteiger partial charge in [0, 0.05) is 32.0 Å². The highest BCUT2D eigenvalue weighted by atomic mass is 32.2. The van der Waals surface area contributed by atoms with Gasteiger partial charge in [-0.05, 0) is 43.7 Å². The second-order valence-electron chi connectivity index (χ2n) is 6.12. The normalized spacial score (nSPS) is 17.1. The summed E-state index contributed by atoms with van der Waals surface area (Å²) >= 11 is 0. The van der Waals surface area contributed by atoms with E-state index in [1.165, 1.54) is 12.8 Å². The van der Waals surface area contributed by atoms with Gasteiger partial charge in [-0.25, -0.2) is 13.1 Å². The number of aromatic nitrogens is 1. The Kier molecular flexibility index (Phi) is 5.46. The Bertz CT molecular complexity index is 561.